The Balaban J connectivity index is 1.93. The predicted molar refractivity (Wildman–Crippen MR) is 104 cm³/mol. The van der Waals surface area contributed by atoms with E-state index in [0.717, 1.165) is 45.3 Å². The molecule has 128 valence electrons. The minimum atomic E-state index is 0.761. The summed E-state index contributed by atoms with van der Waals surface area (Å²) in [7, 11) is 1.69. The number of pyridine rings is 1. The summed E-state index contributed by atoms with van der Waals surface area (Å²) in [5.74, 6) is 2.46. The Hall–Kier alpha value is -3.33. The van der Waals surface area contributed by atoms with E-state index in [1.165, 1.54) is 0 Å². The number of furan rings is 1. The Bertz CT molecular complexity index is 1040. The van der Waals surface area contributed by atoms with Crippen molar-refractivity contribution in [2.75, 3.05) is 7.11 Å². The van der Waals surface area contributed by atoms with Crippen molar-refractivity contribution < 1.29 is 9.15 Å². The van der Waals surface area contributed by atoms with Gasteiger partial charge in [-0.1, -0.05) is 48.5 Å². The lowest BCUT2D eigenvalue weighted by molar-refractivity contribution is 0.416. The number of benzene rings is 2. The number of para-hydroxylation sites is 1. The van der Waals surface area contributed by atoms with Crippen LogP contribution in [0, 0.1) is 6.92 Å². The van der Waals surface area contributed by atoms with Crippen LogP contribution in [0.25, 0.3) is 33.8 Å². The van der Waals surface area contributed by atoms with Gasteiger partial charge in [0.05, 0.1) is 12.8 Å². The number of nitrogens with zero attached hydrogens (tertiary/aromatic N) is 1. The fraction of sp³-hybridized carbons (Fsp3) is 0.0870. The van der Waals surface area contributed by atoms with Crippen LogP contribution in [-0.2, 0) is 0 Å². The third-order valence-electron chi connectivity index (χ3n) is 4.31. The predicted octanol–water partition coefficient (Wildman–Crippen LogP) is 5.99. The summed E-state index contributed by atoms with van der Waals surface area (Å²) in [4.78, 5) is 4.83. The lowest BCUT2D eigenvalue weighted by Gasteiger charge is -2.11. The second-order valence-electron chi connectivity index (χ2n) is 6.10. The lowest BCUT2D eigenvalue weighted by atomic mass is 10.0. The van der Waals surface area contributed by atoms with Crippen LogP contribution in [0.2, 0.25) is 0 Å². The Kier molecular flexibility index (Phi) is 4.28. The highest BCUT2D eigenvalue weighted by molar-refractivity contribution is 5.78. The first-order valence-electron chi connectivity index (χ1n) is 8.52. The van der Waals surface area contributed by atoms with Crippen LogP contribution < -0.4 is 4.74 Å². The second-order valence-corrected chi connectivity index (χ2v) is 6.10. The molecular formula is C23H19NO2. The molecule has 0 atom stereocenters. The molecule has 4 rings (SSSR count). The molecule has 26 heavy (non-hydrogen) atoms. The van der Waals surface area contributed by atoms with Gasteiger partial charge in [0.2, 0.25) is 0 Å². The van der Waals surface area contributed by atoms with Crippen LogP contribution in [-0.4, -0.2) is 12.1 Å². The van der Waals surface area contributed by atoms with Crippen molar-refractivity contribution in [2.45, 2.75) is 6.92 Å². The molecule has 0 radical (unpaired) electrons. The Morgan fingerprint density at radius 2 is 1.50 bits per heavy atom. The molecule has 0 N–H and O–H groups in total. The summed E-state index contributed by atoms with van der Waals surface area (Å²) in [6.45, 7) is 1.94. The minimum absolute atomic E-state index is 0.761. The topological polar surface area (TPSA) is 35.3 Å². The first-order chi connectivity index (χ1) is 12.7. The first kappa shape index (κ1) is 16.2. The van der Waals surface area contributed by atoms with Crippen LogP contribution in [0.3, 0.4) is 0 Å². The maximum atomic E-state index is 5.81. The smallest absolute Gasteiger partial charge is 0.152 e. The molecule has 2 aromatic heterocycles. The van der Waals surface area contributed by atoms with Gasteiger partial charge in [0.25, 0.3) is 0 Å². The summed E-state index contributed by atoms with van der Waals surface area (Å²) < 4.78 is 11.4. The van der Waals surface area contributed by atoms with Gasteiger partial charge in [-0.15, -0.1) is 0 Å². The molecular weight excluding hydrogens is 322 g/mol. The van der Waals surface area contributed by atoms with E-state index < -0.39 is 0 Å². The quantitative estimate of drug-likeness (QED) is 0.457. The minimum Gasteiger partial charge on any atom is -0.496 e. The van der Waals surface area contributed by atoms with Crippen LogP contribution in [0.15, 0.2) is 83.3 Å². The Labute approximate surface area is 152 Å². The van der Waals surface area contributed by atoms with Crippen molar-refractivity contribution in [1.29, 1.82) is 0 Å². The standard InChI is InChI=1S/C23H19NO2/c1-16-12-13-23(26-16)21-15-18(19-10-6-7-11-22(19)25-2)14-20(24-21)17-8-4-3-5-9-17/h3-15H,1-2H3. The van der Waals surface area contributed by atoms with Crippen LogP contribution >= 0.6 is 0 Å². The van der Waals surface area contributed by atoms with Crippen molar-refractivity contribution in [3.63, 3.8) is 0 Å². The maximum Gasteiger partial charge on any atom is 0.152 e. The van der Waals surface area contributed by atoms with E-state index in [2.05, 4.69) is 24.3 Å². The molecule has 0 aliphatic carbocycles. The molecule has 3 heteroatoms. The molecule has 2 heterocycles. The average molecular weight is 341 g/mol. The molecule has 4 aromatic rings. The van der Waals surface area contributed by atoms with Crippen molar-refractivity contribution >= 4 is 0 Å². The first-order valence-corrected chi connectivity index (χ1v) is 8.52. The van der Waals surface area contributed by atoms with Gasteiger partial charge in [-0.3, -0.25) is 0 Å². The third kappa shape index (κ3) is 3.11. The molecule has 0 saturated heterocycles. The zero-order chi connectivity index (χ0) is 17.9. The zero-order valence-electron chi connectivity index (χ0n) is 14.8. The summed E-state index contributed by atoms with van der Waals surface area (Å²) in [5.41, 5.74) is 4.84. The van der Waals surface area contributed by atoms with E-state index in [-0.39, 0.29) is 0 Å². The van der Waals surface area contributed by atoms with E-state index in [1.807, 2.05) is 61.5 Å². The van der Waals surface area contributed by atoms with Gasteiger partial charge in [0.1, 0.15) is 17.2 Å². The number of hydrogen-bond donors (Lipinski definition) is 0. The van der Waals surface area contributed by atoms with Gasteiger partial charge < -0.3 is 9.15 Å². The van der Waals surface area contributed by atoms with Crippen molar-refractivity contribution in [3.8, 4) is 39.6 Å². The molecule has 0 amide bonds. The number of hydrogen-bond acceptors (Lipinski definition) is 3. The summed E-state index contributed by atoms with van der Waals surface area (Å²) in [6.07, 6.45) is 0. The van der Waals surface area contributed by atoms with Crippen molar-refractivity contribution in [2.24, 2.45) is 0 Å². The number of methoxy groups -OCH3 is 1. The molecule has 0 bridgehead atoms. The molecule has 0 aliphatic rings. The molecule has 0 spiro atoms. The number of ether oxygens (including phenoxy) is 1. The van der Waals surface area contributed by atoms with E-state index in [0.29, 0.717) is 0 Å². The summed E-state index contributed by atoms with van der Waals surface area (Å²) in [5, 5.41) is 0. The van der Waals surface area contributed by atoms with E-state index in [9.17, 15) is 0 Å². The fourth-order valence-corrected chi connectivity index (χ4v) is 3.02. The largest absolute Gasteiger partial charge is 0.496 e. The molecule has 2 aromatic carbocycles. The maximum absolute atomic E-state index is 5.81. The highest BCUT2D eigenvalue weighted by Crippen LogP contribution is 2.35. The van der Waals surface area contributed by atoms with Gasteiger partial charge in [-0.05, 0) is 42.8 Å². The average Bonchev–Trinajstić information content (AvgIpc) is 3.14. The highest BCUT2D eigenvalue weighted by atomic mass is 16.5. The van der Waals surface area contributed by atoms with Crippen LogP contribution in [0.4, 0.5) is 0 Å². The van der Waals surface area contributed by atoms with Gasteiger partial charge in [0.15, 0.2) is 5.76 Å². The Morgan fingerprint density at radius 1 is 0.769 bits per heavy atom. The fourth-order valence-electron chi connectivity index (χ4n) is 3.02. The third-order valence-corrected chi connectivity index (χ3v) is 4.31. The van der Waals surface area contributed by atoms with Crippen molar-refractivity contribution in [1.82, 2.24) is 4.98 Å². The van der Waals surface area contributed by atoms with Crippen LogP contribution in [0.5, 0.6) is 5.75 Å². The number of aryl methyl sites for hydroxylation is 1. The van der Waals surface area contributed by atoms with E-state index in [4.69, 9.17) is 14.1 Å². The highest BCUT2D eigenvalue weighted by Gasteiger charge is 2.13. The number of rotatable bonds is 4. The van der Waals surface area contributed by atoms with Crippen LogP contribution in [0.1, 0.15) is 5.76 Å². The van der Waals surface area contributed by atoms with E-state index >= 15 is 0 Å². The summed E-state index contributed by atoms with van der Waals surface area (Å²) >= 11 is 0. The molecule has 0 fully saturated rings. The normalized spacial score (nSPS) is 10.7. The molecule has 0 unspecified atom stereocenters. The summed E-state index contributed by atoms with van der Waals surface area (Å²) in [6, 6.07) is 26.2. The van der Waals surface area contributed by atoms with E-state index in [1.54, 1.807) is 7.11 Å². The van der Waals surface area contributed by atoms with Gasteiger partial charge in [-0.2, -0.15) is 0 Å². The molecule has 0 aliphatic heterocycles. The zero-order valence-corrected chi connectivity index (χ0v) is 14.8. The molecule has 0 saturated carbocycles. The lowest BCUT2D eigenvalue weighted by Crippen LogP contribution is -1.92. The van der Waals surface area contributed by atoms with Gasteiger partial charge >= 0.3 is 0 Å². The van der Waals surface area contributed by atoms with Gasteiger partial charge in [0, 0.05) is 11.1 Å². The van der Waals surface area contributed by atoms with Gasteiger partial charge in [-0.25, -0.2) is 4.98 Å². The monoisotopic (exact) mass is 341 g/mol. The SMILES string of the molecule is COc1ccccc1-c1cc(-c2ccccc2)nc(-c2ccc(C)o2)c1. The number of aromatic nitrogens is 1. The second kappa shape index (κ2) is 6.89. The molecule has 3 nitrogen and oxygen atoms in total. The van der Waals surface area contributed by atoms with Crippen molar-refractivity contribution in [3.05, 3.63) is 84.6 Å². The Morgan fingerprint density at radius 3 is 2.23 bits per heavy atom.